The Kier molecular flexibility index (Phi) is 4.82. The molecule has 31 heavy (non-hydrogen) atoms. The molecule has 2 aliphatic heterocycles. The highest BCUT2D eigenvalue weighted by Gasteiger charge is 2.43. The number of amides is 2. The number of ether oxygens (including phenoxy) is 1. The molecule has 2 aliphatic rings. The number of fused-ring (bicyclic) bond motifs is 4. The van der Waals surface area contributed by atoms with Gasteiger partial charge in [0.1, 0.15) is 5.60 Å². The molecule has 0 bridgehead atoms. The first kappa shape index (κ1) is 20.1. The summed E-state index contributed by atoms with van der Waals surface area (Å²) >= 11 is 0. The molecule has 1 saturated heterocycles. The maximum Gasteiger partial charge on any atom is 0.321 e. The Morgan fingerprint density at radius 1 is 1.03 bits per heavy atom. The van der Waals surface area contributed by atoms with Gasteiger partial charge < -0.3 is 19.9 Å². The molecule has 5 rings (SSSR count). The summed E-state index contributed by atoms with van der Waals surface area (Å²) in [5.41, 5.74) is 9.13. The Hall–Kier alpha value is -2.79. The van der Waals surface area contributed by atoms with Gasteiger partial charge in [0.2, 0.25) is 0 Å². The number of carbonyl (C=O) groups excluding carboxylic acids is 1. The van der Waals surface area contributed by atoms with Crippen molar-refractivity contribution in [2.24, 2.45) is 0 Å². The Balaban J connectivity index is 1.35. The third-order valence-electron chi connectivity index (χ3n) is 7.01. The van der Waals surface area contributed by atoms with Crippen molar-refractivity contribution in [3.8, 4) is 0 Å². The minimum Gasteiger partial charge on any atom is -0.368 e. The first-order chi connectivity index (χ1) is 14.9. The van der Waals surface area contributed by atoms with Crippen molar-refractivity contribution in [1.29, 1.82) is 0 Å². The molecule has 0 atom stereocenters. The maximum atomic E-state index is 13.0. The summed E-state index contributed by atoms with van der Waals surface area (Å²) in [7, 11) is 0. The van der Waals surface area contributed by atoms with Crippen LogP contribution in [0.2, 0.25) is 0 Å². The number of anilines is 1. The van der Waals surface area contributed by atoms with Crippen LogP contribution < -0.4 is 5.32 Å². The van der Waals surface area contributed by atoms with E-state index in [4.69, 9.17) is 4.74 Å². The molecule has 3 aromatic rings. The van der Waals surface area contributed by atoms with Crippen LogP contribution in [0.25, 0.3) is 10.9 Å². The molecule has 1 spiro atoms. The maximum absolute atomic E-state index is 13.0. The molecule has 1 aromatic heterocycles. The van der Waals surface area contributed by atoms with Crippen molar-refractivity contribution >= 4 is 22.6 Å². The number of carbonyl (C=O) groups is 1. The number of H-pyrrole nitrogens is 1. The molecule has 5 nitrogen and oxygen atoms in total. The van der Waals surface area contributed by atoms with Crippen molar-refractivity contribution in [2.45, 2.75) is 52.6 Å². The van der Waals surface area contributed by atoms with Gasteiger partial charge in [-0.15, -0.1) is 0 Å². The van der Waals surface area contributed by atoms with Gasteiger partial charge in [0, 0.05) is 29.7 Å². The van der Waals surface area contributed by atoms with Crippen LogP contribution in [0, 0.1) is 27.7 Å². The number of nitrogens with one attached hydrogen (secondary N) is 2. The van der Waals surface area contributed by atoms with Crippen molar-refractivity contribution in [3.05, 3.63) is 63.8 Å². The molecule has 3 heterocycles. The van der Waals surface area contributed by atoms with E-state index in [1.165, 1.54) is 33.3 Å². The van der Waals surface area contributed by atoms with Crippen LogP contribution in [-0.4, -0.2) is 35.6 Å². The molecule has 2 amide bonds. The number of aromatic nitrogens is 1. The second-order valence-electron chi connectivity index (χ2n) is 9.31. The fourth-order valence-corrected chi connectivity index (χ4v) is 5.46. The van der Waals surface area contributed by atoms with E-state index in [9.17, 15) is 4.79 Å². The predicted molar refractivity (Wildman–Crippen MR) is 125 cm³/mol. The molecule has 2 aromatic carbocycles. The van der Waals surface area contributed by atoms with Crippen molar-refractivity contribution in [2.75, 3.05) is 25.0 Å². The van der Waals surface area contributed by atoms with Crippen LogP contribution in [0.15, 0.2) is 30.3 Å². The van der Waals surface area contributed by atoms with Crippen LogP contribution in [0.1, 0.15) is 46.4 Å². The van der Waals surface area contributed by atoms with Gasteiger partial charge in [-0.25, -0.2) is 4.79 Å². The van der Waals surface area contributed by atoms with Crippen LogP contribution in [0.3, 0.4) is 0 Å². The average molecular weight is 418 g/mol. The Morgan fingerprint density at radius 2 is 1.74 bits per heavy atom. The highest BCUT2D eigenvalue weighted by Crippen LogP contribution is 2.43. The van der Waals surface area contributed by atoms with Crippen LogP contribution in [0.4, 0.5) is 10.5 Å². The minimum atomic E-state index is -0.313. The van der Waals surface area contributed by atoms with E-state index >= 15 is 0 Å². The zero-order valence-electron chi connectivity index (χ0n) is 18.9. The lowest BCUT2D eigenvalue weighted by molar-refractivity contribution is -0.0943. The number of likely N-dealkylation sites (tertiary alicyclic amines) is 1. The number of benzene rings is 2. The summed E-state index contributed by atoms with van der Waals surface area (Å²) in [6.07, 6.45) is 2.56. The number of aromatic amines is 1. The van der Waals surface area contributed by atoms with E-state index in [0.29, 0.717) is 13.1 Å². The van der Waals surface area contributed by atoms with E-state index in [1.54, 1.807) is 0 Å². The number of nitrogens with zero attached hydrogens (tertiary/aromatic N) is 1. The monoisotopic (exact) mass is 417 g/mol. The van der Waals surface area contributed by atoms with Gasteiger partial charge in [-0.1, -0.05) is 29.3 Å². The highest BCUT2D eigenvalue weighted by atomic mass is 16.5. The normalized spacial score (nSPS) is 17.7. The van der Waals surface area contributed by atoms with Gasteiger partial charge in [0.25, 0.3) is 0 Å². The predicted octanol–water partition coefficient (Wildman–Crippen LogP) is 5.50. The van der Waals surface area contributed by atoms with Crippen LogP contribution >= 0.6 is 0 Å². The number of piperidine rings is 1. The zero-order valence-corrected chi connectivity index (χ0v) is 18.9. The van der Waals surface area contributed by atoms with Gasteiger partial charge in [0.15, 0.2) is 0 Å². The molecule has 0 unspecified atom stereocenters. The standard InChI is InChI=1S/C26H31N3O2/c1-16-5-6-22-21(15-16)20-7-12-31-26(24(20)27-22)8-10-29(11-9-26)25(30)28-23-18(3)13-17(2)14-19(23)4/h5-6,13-15,27H,7-12H2,1-4H3,(H,28,30). The van der Waals surface area contributed by atoms with Gasteiger partial charge in [0.05, 0.1) is 12.3 Å². The fourth-order valence-electron chi connectivity index (χ4n) is 5.46. The summed E-state index contributed by atoms with van der Waals surface area (Å²) in [5.74, 6) is 0. The Morgan fingerprint density at radius 3 is 2.45 bits per heavy atom. The first-order valence-electron chi connectivity index (χ1n) is 11.3. The fraction of sp³-hybridized carbons (Fsp3) is 0.423. The van der Waals surface area contributed by atoms with E-state index in [2.05, 4.69) is 68.3 Å². The third-order valence-corrected chi connectivity index (χ3v) is 7.01. The SMILES string of the molecule is Cc1cc(C)c(NC(=O)N2CCC3(CC2)OCCc2c3[nH]c3ccc(C)cc23)c(C)c1. The Bertz CT molecular complexity index is 1150. The summed E-state index contributed by atoms with van der Waals surface area (Å²) in [6, 6.07) is 10.8. The van der Waals surface area contributed by atoms with E-state index in [1.807, 2.05) is 4.90 Å². The minimum absolute atomic E-state index is 0.0202. The van der Waals surface area contributed by atoms with Crippen LogP contribution in [-0.2, 0) is 16.8 Å². The topological polar surface area (TPSA) is 57.4 Å². The molecule has 1 fully saturated rings. The molecule has 2 N–H and O–H groups in total. The summed E-state index contributed by atoms with van der Waals surface area (Å²) in [4.78, 5) is 18.6. The largest absolute Gasteiger partial charge is 0.368 e. The van der Waals surface area contributed by atoms with Crippen molar-refractivity contribution in [3.63, 3.8) is 0 Å². The zero-order chi connectivity index (χ0) is 21.8. The molecular formula is C26H31N3O2. The number of urea groups is 1. The van der Waals surface area contributed by atoms with E-state index in [-0.39, 0.29) is 11.6 Å². The lowest BCUT2D eigenvalue weighted by atomic mass is 9.83. The first-order valence-corrected chi connectivity index (χ1v) is 11.3. The second kappa shape index (κ2) is 7.41. The van der Waals surface area contributed by atoms with Gasteiger partial charge in [-0.2, -0.15) is 0 Å². The lowest BCUT2D eigenvalue weighted by Crippen LogP contribution is -2.49. The average Bonchev–Trinajstić information content (AvgIpc) is 3.11. The third kappa shape index (κ3) is 3.41. The highest BCUT2D eigenvalue weighted by molar-refractivity contribution is 5.91. The number of rotatable bonds is 1. The van der Waals surface area contributed by atoms with Gasteiger partial charge in [-0.05, 0) is 75.8 Å². The lowest BCUT2D eigenvalue weighted by Gasteiger charge is -2.43. The van der Waals surface area contributed by atoms with E-state index < -0.39 is 0 Å². The molecule has 0 saturated carbocycles. The molecule has 5 heteroatoms. The van der Waals surface area contributed by atoms with Crippen molar-refractivity contribution < 1.29 is 9.53 Å². The summed E-state index contributed by atoms with van der Waals surface area (Å²) < 4.78 is 6.40. The Labute approximate surface area is 183 Å². The quantitative estimate of drug-likeness (QED) is 0.549. The number of hydrogen-bond acceptors (Lipinski definition) is 2. The number of hydrogen-bond donors (Lipinski definition) is 2. The van der Waals surface area contributed by atoms with Gasteiger partial charge in [-0.3, -0.25) is 0 Å². The smallest absolute Gasteiger partial charge is 0.321 e. The summed E-state index contributed by atoms with van der Waals surface area (Å²) in [5, 5.41) is 4.47. The molecule has 0 aliphatic carbocycles. The van der Waals surface area contributed by atoms with Gasteiger partial charge >= 0.3 is 6.03 Å². The molecular weight excluding hydrogens is 386 g/mol. The molecule has 0 radical (unpaired) electrons. The van der Waals surface area contributed by atoms with E-state index in [0.717, 1.165) is 42.7 Å². The van der Waals surface area contributed by atoms with Crippen LogP contribution in [0.5, 0.6) is 0 Å². The second-order valence-corrected chi connectivity index (χ2v) is 9.31. The number of aryl methyl sites for hydroxylation is 4. The van der Waals surface area contributed by atoms with Crippen molar-refractivity contribution in [1.82, 2.24) is 9.88 Å². The summed E-state index contributed by atoms with van der Waals surface area (Å²) in [6.45, 7) is 10.4. The molecule has 162 valence electrons.